The summed E-state index contributed by atoms with van der Waals surface area (Å²) in [6.07, 6.45) is 0. The molecule has 0 aromatic heterocycles. The first-order valence-electron chi connectivity index (χ1n) is 5.27. The fraction of sp³-hybridized carbons (Fsp3) is 0.364. The molecule has 2 rings (SSSR count). The van der Waals surface area contributed by atoms with Crippen LogP contribution in [0.2, 0.25) is 0 Å². The molecule has 0 spiro atoms. The Hall–Kier alpha value is -1.36. The van der Waals surface area contributed by atoms with E-state index in [-0.39, 0.29) is 6.03 Å². The van der Waals surface area contributed by atoms with Crippen molar-refractivity contribution in [2.75, 3.05) is 31.1 Å². The second-order valence-corrected chi connectivity index (χ2v) is 4.80. The van der Waals surface area contributed by atoms with E-state index in [1.165, 1.54) is 4.90 Å². The van der Waals surface area contributed by atoms with Crippen molar-refractivity contribution in [2.45, 2.75) is 4.90 Å². The molecular formula is C11H15N3OS. The number of nitrogens with one attached hydrogen (secondary N) is 1. The molecule has 1 aliphatic heterocycles. The normalized spacial score (nSPS) is 15.2. The van der Waals surface area contributed by atoms with Gasteiger partial charge in [0.05, 0.1) is 0 Å². The molecule has 0 radical (unpaired) electrons. The van der Waals surface area contributed by atoms with E-state index in [0.29, 0.717) is 0 Å². The van der Waals surface area contributed by atoms with E-state index in [0.717, 1.165) is 31.1 Å². The fourth-order valence-corrected chi connectivity index (χ4v) is 2.44. The Morgan fingerprint density at radius 3 is 2.75 bits per heavy atom. The summed E-state index contributed by atoms with van der Waals surface area (Å²) in [5, 5.41) is 2.79. The molecule has 0 bridgehead atoms. The summed E-state index contributed by atoms with van der Waals surface area (Å²) in [6, 6.07) is 7.85. The van der Waals surface area contributed by atoms with E-state index in [1.54, 1.807) is 11.8 Å². The number of rotatable bonds is 4. The molecule has 1 aliphatic rings. The molecule has 0 aliphatic carbocycles. The lowest BCUT2D eigenvalue weighted by Gasteiger charge is -2.13. The number of nitrogens with zero attached hydrogens (tertiary/aromatic N) is 1. The predicted octanol–water partition coefficient (Wildman–Crippen LogP) is 1.39. The zero-order chi connectivity index (χ0) is 11.4. The third-order valence-electron chi connectivity index (χ3n) is 2.46. The van der Waals surface area contributed by atoms with E-state index in [9.17, 15) is 4.79 Å². The molecule has 1 heterocycles. The van der Waals surface area contributed by atoms with Crippen LogP contribution in [0.4, 0.5) is 10.5 Å². The molecule has 1 aromatic rings. The van der Waals surface area contributed by atoms with Gasteiger partial charge in [-0.25, -0.2) is 4.79 Å². The molecule has 3 N–H and O–H groups in total. The van der Waals surface area contributed by atoms with Crippen molar-refractivity contribution in [3.8, 4) is 0 Å². The van der Waals surface area contributed by atoms with Crippen LogP contribution in [-0.2, 0) is 0 Å². The molecule has 0 unspecified atom stereocenters. The van der Waals surface area contributed by atoms with Crippen molar-refractivity contribution >= 4 is 23.5 Å². The number of anilines is 1. The second kappa shape index (κ2) is 5.12. The van der Waals surface area contributed by atoms with Gasteiger partial charge in [0.2, 0.25) is 0 Å². The minimum atomic E-state index is 0.0536. The van der Waals surface area contributed by atoms with Gasteiger partial charge in [0.25, 0.3) is 0 Å². The first kappa shape index (κ1) is 11.1. The Labute approximate surface area is 99.2 Å². The van der Waals surface area contributed by atoms with E-state index in [2.05, 4.69) is 5.32 Å². The van der Waals surface area contributed by atoms with Crippen molar-refractivity contribution in [1.29, 1.82) is 0 Å². The Kier molecular flexibility index (Phi) is 3.56. The van der Waals surface area contributed by atoms with Gasteiger partial charge in [-0.15, -0.1) is 11.8 Å². The third kappa shape index (κ3) is 2.82. The molecule has 86 valence electrons. The van der Waals surface area contributed by atoms with Gasteiger partial charge in [-0.2, -0.15) is 0 Å². The molecule has 4 nitrogen and oxygen atoms in total. The van der Waals surface area contributed by atoms with Crippen molar-refractivity contribution in [3.63, 3.8) is 0 Å². The van der Waals surface area contributed by atoms with Gasteiger partial charge in [0.15, 0.2) is 0 Å². The Morgan fingerprint density at radius 2 is 2.12 bits per heavy atom. The van der Waals surface area contributed by atoms with Gasteiger partial charge in [-0.05, 0) is 24.3 Å². The maximum absolute atomic E-state index is 11.3. The van der Waals surface area contributed by atoms with Gasteiger partial charge in [-0.1, -0.05) is 0 Å². The number of thioether (sulfide) groups is 1. The molecular weight excluding hydrogens is 222 g/mol. The predicted molar refractivity (Wildman–Crippen MR) is 66.6 cm³/mol. The Balaban J connectivity index is 1.75. The maximum atomic E-state index is 11.3. The highest BCUT2D eigenvalue weighted by molar-refractivity contribution is 7.99. The van der Waals surface area contributed by atoms with Gasteiger partial charge >= 0.3 is 6.03 Å². The van der Waals surface area contributed by atoms with Gasteiger partial charge in [0.1, 0.15) is 0 Å². The summed E-state index contributed by atoms with van der Waals surface area (Å²) in [7, 11) is 0. The number of carbonyl (C=O) groups excluding carboxylic acids is 1. The van der Waals surface area contributed by atoms with Gasteiger partial charge < -0.3 is 16.0 Å². The van der Waals surface area contributed by atoms with Crippen LogP contribution in [0.1, 0.15) is 0 Å². The van der Waals surface area contributed by atoms with E-state index in [4.69, 9.17) is 5.73 Å². The molecule has 5 heteroatoms. The van der Waals surface area contributed by atoms with Crippen molar-refractivity contribution in [3.05, 3.63) is 24.3 Å². The van der Waals surface area contributed by atoms with Crippen LogP contribution in [0.25, 0.3) is 0 Å². The second-order valence-electron chi connectivity index (χ2n) is 3.64. The zero-order valence-electron chi connectivity index (χ0n) is 8.98. The average Bonchev–Trinajstić information content (AvgIpc) is 2.68. The van der Waals surface area contributed by atoms with E-state index >= 15 is 0 Å². The fourth-order valence-electron chi connectivity index (χ4n) is 1.56. The molecule has 16 heavy (non-hydrogen) atoms. The van der Waals surface area contributed by atoms with Crippen LogP contribution in [0, 0.1) is 0 Å². The number of carbonyl (C=O) groups is 1. The Bertz CT molecular complexity index is 366. The standard InChI is InChI=1S/C11H15N3OS/c12-9-1-3-10(4-2-9)16-8-7-14-6-5-13-11(14)15/h1-4H,5-8,12H2,(H,13,15). The lowest BCUT2D eigenvalue weighted by Crippen LogP contribution is -2.30. The summed E-state index contributed by atoms with van der Waals surface area (Å²) < 4.78 is 0. The highest BCUT2D eigenvalue weighted by atomic mass is 32.2. The summed E-state index contributed by atoms with van der Waals surface area (Å²) >= 11 is 1.74. The maximum Gasteiger partial charge on any atom is 0.317 e. The van der Waals surface area contributed by atoms with E-state index in [1.807, 2.05) is 29.2 Å². The molecule has 0 saturated carbocycles. The number of nitrogen functional groups attached to an aromatic ring is 1. The van der Waals surface area contributed by atoms with Gasteiger partial charge in [-0.3, -0.25) is 0 Å². The number of amides is 2. The van der Waals surface area contributed by atoms with Crippen LogP contribution in [-0.4, -0.2) is 36.3 Å². The van der Waals surface area contributed by atoms with Crippen LogP contribution >= 0.6 is 11.8 Å². The number of benzene rings is 1. The minimum Gasteiger partial charge on any atom is -0.399 e. The molecule has 0 atom stereocenters. The number of hydrogen-bond donors (Lipinski definition) is 2. The first-order valence-corrected chi connectivity index (χ1v) is 6.25. The van der Waals surface area contributed by atoms with Crippen LogP contribution < -0.4 is 11.1 Å². The number of nitrogens with two attached hydrogens (primary N) is 1. The lowest BCUT2D eigenvalue weighted by atomic mass is 10.3. The highest BCUT2D eigenvalue weighted by Gasteiger charge is 2.18. The first-order chi connectivity index (χ1) is 7.75. The molecule has 2 amide bonds. The summed E-state index contributed by atoms with van der Waals surface area (Å²) in [4.78, 5) is 14.3. The minimum absolute atomic E-state index is 0.0536. The third-order valence-corrected chi connectivity index (χ3v) is 3.45. The number of urea groups is 1. The SMILES string of the molecule is Nc1ccc(SCCN2CCNC2=O)cc1. The highest BCUT2D eigenvalue weighted by Crippen LogP contribution is 2.19. The van der Waals surface area contributed by atoms with Crippen LogP contribution in [0.3, 0.4) is 0 Å². The topological polar surface area (TPSA) is 58.4 Å². The van der Waals surface area contributed by atoms with Gasteiger partial charge in [0, 0.05) is 36.0 Å². The average molecular weight is 237 g/mol. The Morgan fingerprint density at radius 1 is 1.38 bits per heavy atom. The van der Waals surface area contributed by atoms with Crippen molar-refractivity contribution in [1.82, 2.24) is 10.2 Å². The summed E-state index contributed by atoms with van der Waals surface area (Å²) in [6.45, 7) is 2.38. The van der Waals surface area contributed by atoms with E-state index < -0.39 is 0 Å². The largest absolute Gasteiger partial charge is 0.399 e. The molecule has 1 saturated heterocycles. The smallest absolute Gasteiger partial charge is 0.317 e. The monoisotopic (exact) mass is 237 g/mol. The summed E-state index contributed by atoms with van der Waals surface area (Å²) in [5.41, 5.74) is 6.38. The van der Waals surface area contributed by atoms with Crippen LogP contribution in [0.15, 0.2) is 29.2 Å². The quantitative estimate of drug-likeness (QED) is 0.614. The lowest BCUT2D eigenvalue weighted by molar-refractivity contribution is 0.220. The van der Waals surface area contributed by atoms with Crippen LogP contribution in [0.5, 0.6) is 0 Å². The zero-order valence-corrected chi connectivity index (χ0v) is 9.80. The van der Waals surface area contributed by atoms with Crippen molar-refractivity contribution in [2.24, 2.45) is 0 Å². The molecule has 1 aromatic carbocycles. The number of hydrogen-bond acceptors (Lipinski definition) is 3. The van der Waals surface area contributed by atoms with Crippen molar-refractivity contribution < 1.29 is 4.79 Å². The summed E-state index contributed by atoms with van der Waals surface area (Å²) in [5.74, 6) is 0.914. The molecule has 1 fully saturated rings.